The molecule has 0 unspecified atom stereocenters. The van der Waals surface area contributed by atoms with Crippen LogP contribution in [0.25, 0.3) is 34.1 Å². The first-order valence-corrected chi connectivity index (χ1v) is 10.8. The predicted octanol–water partition coefficient (Wildman–Crippen LogP) is 2.58. The molecule has 4 heterocycles. The van der Waals surface area contributed by atoms with Crippen LogP contribution >= 0.6 is 0 Å². The molecule has 0 aromatic carbocycles. The van der Waals surface area contributed by atoms with E-state index in [2.05, 4.69) is 20.1 Å². The number of hydrogen-bond donors (Lipinski definition) is 0. The molecule has 164 valence electrons. The van der Waals surface area contributed by atoms with Crippen molar-refractivity contribution in [2.45, 2.75) is 18.1 Å². The minimum Gasteiger partial charge on any atom is -0.324 e. The summed E-state index contributed by atoms with van der Waals surface area (Å²) in [7, 11) is 1.08. The fraction of sp³-hybridized carbons (Fsp3) is 0.333. The van der Waals surface area contributed by atoms with Crippen LogP contribution in [0.15, 0.2) is 29.6 Å². The summed E-state index contributed by atoms with van der Waals surface area (Å²) in [4.78, 5) is 12.2. The number of nitrogens with zero attached hydrogens (tertiary/aromatic N) is 7. The maximum atomic E-state index is 13.1. The van der Waals surface area contributed by atoms with Crippen LogP contribution in [-0.4, -0.2) is 48.0 Å². The van der Waals surface area contributed by atoms with Crippen molar-refractivity contribution < 1.29 is 21.6 Å². The molecule has 4 aromatic rings. The van der Waals surface area contributed by atoms with Gasteiger partial charge < -0.3 is 9.13 Å². The Balaban J connectivity index is 2.01. The molecule has 0 fully saturated rings. The molecule has 0 amide bonds. The summed E-state index contributed by atoms with van der Waals surface area (Å²) in [5.74, 6) is 0.218. The van der Waals surface area contributed by atoms with E-state index in [1.165, 1.54) is 16.1 Å². The van der Waals surface area contributed by atoms with Crippen molar-refractivity contribution in [1.29, 1.82) is 0 Å². The van der Waals surface area contributed by atoms with E-state index in [1.54, 1.807) is 38.1 Å². The second kappa shape index (κ2) is 6.90. The molecule has 0 saturated carbocycles. The van der Waals surface area contributed by atoms with Crippen molar-refractivity contribution in [3.8, 4) is 23.0 Å². The molecule has 0 aliphatic heterocycles. The third-order valence-corrected chi connectivity index (χ3v) is 6.75. The second-order valence-corrected chi connectivity index (χ2v) is 9.17. The number of aromatic nitrogens is 7. The maximum absolute atomic E-state index is 13.1. The topological polar surface area (TPSA) is 100 Å². The van der Waals surface area contributed by atoms with Gasteiger partial charge in [0.25, 0.3) is 0 Å². The molecular weight excluding hydrogens is 435 g/mol. The van der Waals surface area contributed by atoms with E-state index in [0.29, 0.717) is 17.0 Å². The number of imidazole rings is 2. The molecular formula is C18H18F3N7O2S. The fourth-order valence-electron chi connectivity index (χ4n) is 3.34. The number of rotatable bonds is 4. The summed E-state index contributed by atoms with van der Waals surface area (Å²) in [5.41, 5.74) is -0.250. The van der Waals surface area contributed by atoms with E-state index < -0.39 is 21.7 Å². The highest BCUT2D eigenvalue weighted by molar-refractivity contribution is 7.91. The second-order valence-electron chi connectivity index (χ2n) is 6.98. The van der Waals surface area contributed by atoms with Crippen LogP contribution in [-0.2, 0) is 37.2 Å². The Morgan fingerprint density at radius 3 is 2.35 bits per heavy atom. The number of fused-ring (bicyclic) bond motifs is 1. The molecule has 0 spiro atoms. The van der Waals surface area contributed by atoms with E-state index in [-0.39, 0.29) is 27.8 Å². The molecule has 0 N–H and O–H groups in total. The highest BCUT2D eigenvalue weighted by atomic mass is 32.2. The molecule has 0 bridgehead atoms. The van der Waals surface area contributed by atoms with Gasteiger partial charge in [0.2, 0.25) is 0 Å². The lowest BCUT2D eigenvalue weighted by Crippen LogP contribution is -2.11. The first-order chi connectivity index (χ1) is 14.4. The average molecular weight is 453 g/mol. The van der Waals surface area contributed by atoms with Gasteiger partial charge in [-0.05, 0) is 12.1 Å². The molecule has 4 aromatic heterocycles. The molecule has 13 heteroatoms. The average Bonchev–Trinajstić information content (AvgIpc) is 3.36. The molecule has 0 saturated heterocycles. The lowest BCUT2D eigenvalue weighted by Gasteiger charge is -2.07. The molecule has 4 rings (SSSR count). The summed E-state index contributed by atoms with van der Waals surface area (Å²) in [6.07, 6.45) is -1.87. The quantitative estimate of drug-likeness (QED) is 0.471. The summed E-state index contributed by atoms with van der Waals surface area (Å²) in [5, 5.41) is 4.19. The zero-order valence-electron chi connectivity index (χ0n) is 17.0. The van der Waals surface area contributed by atoms with E-state index in [9.17, 15) is 21.6 Å². The number of aryl methyl sites for hydroxylation is 2. The first-order valence-electron chi connectivity index (χ1n) is 9.13. The lowest BCUT2D eigenvalue weighted by atomic mass is 10.3. The molecule has 9 nitrogen and oxygen atoms in total. The van der Waals surface area contributed by atoms with Gasteiger partial charge in [-0.25, -0.2) is 23.4 Å². The van der Waals surface area contributed by atoms with Gasteiger partial charge in [0.05, 0.1) is 23.0 Å². The highest BCUT2D eigenvalue weighted by Crippen LogP contribution is 2.34. The van der Waals surface area contributed by atoms with Crippen molar-refractivity contribution in [3.63, 3.8) is 0 Å². The SMILES string of the molecule is CCS(=O)(=O)c1c(-c2nc3cc(C(F)(F)F)ncc3n2C)nc(-c2ccn(C)n2)n1C. The van der Waals surface area contributed by atoms with Crippen molar-refractivity contribution in [3.05, 3.63) is 30.2 Å². The van der Waals surface area contributed by atoms with Crippen LogP contribution in [0, 0.1) is 0 Å². The van der Waals surface area contributed by atoms with Crippen molar-refractivity contribution in [2.24, 2.45) is 21.1 Å². The zero-order chi connectivity index (χ0) is 22.7. The van der Waals surface area contributed by atoms with Gasteiger partial charge in [-0.2, -0.15) is 18.3 Å². The number of pyridine rings is 1. The smallest absolute Gasteiger partial charge is 0.324 e. The Kier molecular flexibility index (Phi) is 4.68. The molecule has 0 aliphatic carbocycles. The summed E-state index contributed by atoms with van der Waals surface area (Å²) in [6, 6.07) is 2.51. The number of sulfone groups is 1. The standard InChI is InChI=1S/C18H18F3N7O2S/c1-5-31(29,30)17-14(24-15(28(17)4)10-6-7-26(2)25-10)16-23-11-8-13(18(19,20)21)22-9-12(11)27(16)3/h6-9H,5H2,1-4H3. The summed E-state index contributed by atoms with van der Waals surface area (Å²) >= 11 is 0. The monoisotopic (exact) mass is 453 g/mol. The van der Waals surface area contributed by atoms with E-state index in [1.807, 2.05) is 0 Å². The Labute approximate surface area is 175 Å². The molecule has 0 aliphatic rings. The maximum Gasteiger partial charge on any atom is 0.433 e. The predicted molar refractivity (Wildman–Crippen MR) is 106 cm³/mol. The van der Waals surface area contributed by atoms with Crippen LogP contribution in [0.1, 0.15) is 12.6 Å². The third-order valence-electron chi connectivity index (χ3n) is 4.93. The van der Waals surface area contributed by atoms with Gasteiger partial charge in [-0.3, -0.25) is 4.68 Å². The summed E-state index contributed by atoms with van der Waals surface area (Å²) < 4.78 is 69.4. The van der Waals surface area contributed by atoms with Crippen LogP contribution in [0.4, 0.5) is 13.2 Å². The van der Waals surface area contributed by atoms with Gasteiger partial charge in [0.1, 0.15) is 17.1 Å². The minimum absolute atomic E-state index is 0.0321. The Morgan fingerprint density at radius 2 is 1.77 bits per heavy atom. The van der Waals surface area contributed by atoms with Crippen LogP contribution in [0.3, 0.4) is 0 Å². The minimum atomic E-state index is -4.63. The molecule has 31 heavy (non-hydrogen) atoms. The van der Waals surface area contributed by atoms with Crippen LogP contribution in [0.2, 0.25) is 0 Å². The zero-order valence-corrected chi connectivity index (χ0v) is 17.8. The number of hydrogen-bond acceptors (Lipinski definition) is 6. The number of alkyl halides is 3. The first kappa shape index (κ1) is 21.0. The van der Waals surface area contributed by atoms with Crippen molar-refractivity contribution in [2.75, 3.05) is 5.75 Å². The van der Waals surface area contributed by atoms with Gasteiger partial charge >= 0.3 is 6.18 Å². The van der Waals surface area contributed by atoms with Gasteiger partial charge in [-0.15, -0.1) is 0 Å². The Hall–Kier alpha value is -3.22. The third kappa shape index (κ3) is 3.38. The Bertz CT molecular complexity index is 1410. The van der Waals surface area contributed by atoms with Crippen LogP contribution < -0.4 is 0 Å². The van der Waals surface area contributed by atoms with Gasteiger partial charge in [-0.1, -0.05) is 6.92 Å². The van der Waals surface area contributed by atoms with Crippen molar-refractivity contribution >= 4 is 20.9 Å². The van der Waals surface area contributed by atoms with E-state index in [0.717, 1.165) is 12.3 Å². The number of halogens is 3. The summed E-state index contributed by atoms with van der Waals surface area (Å²) in [6.45, 7) is 1.50. The largest absolute Gasteiger partial charge is 0.433 e. The Morgan fingerprint density at radius 1 is 1.06 bits per heavy atom. The fourth-order valence-corrected chi connectivity index (χ4v) is 4.55. The van der Waals surface area contributed by atoms with Crippen molar-refractivity contribution in [1.82, 2.24) is 33.9 Å². The molecule has 0 atom stereocenters. The van der Waals surface area contributed by atoms with Gasteiger partial charge in [0, 0.05) is 27.3 Å². The lowest BCUT2D eigenvalue weighted by molar-refractivity contribution is -0.141. The van der Waals surface area contributed by atoms with E-state index >= 15 is 0 Å². The van der Waals surface area contributed by atoms with Gasteiger partial charge in [0.15, 0.2) is 26.5 Å². The van der Waals surface area contributed by atoms with E-state index in [4.69, 9.17) is 0 Å². The van der Waals surface area contributed by atoms with Crippen LogP contribution in [0.5, 0.6) is 0 Å². The molecule has 0 radical (unpaired) electrons. The highest BCUT2D eigenvalue weighted by Gasteiger charge is 2.34. The normalized spacial score (nSPS) is 12.7.